The lowest BCUT2D eigenvalue weighted by Gasteiger charge is -2.62. The molecule has 7 rings (SSSR count). The monoisotopic (exact) mass is 475 g/mol. The van der Waals surface area contributed by atoms with E-state index < -0.39 is 0 Å². The molecule has 2 unspecified atom stereocenters. The Hall–Kier alpha value is -3.00. The van der Waals surface area contributed by atoms with Crippen LogP contribution in [0.4, 0.5) is 5.82 Å². The van der Waals surface area contributed by atoms with Gasteiger partial charge in [0.05, 0.1) is 12.6 Å². The largest absolute Gasteiger partial charge is 0.394 e. The van der Waals surface area contributed by atoms with Crippen LogP contribution in [-0.2, 0) is 0 Å². The third kappa shape index (κ3) is 4.18. The van der Waals surface area contributed by atoms with Gasteiger partial charge in [-0.3, -0.25) is 14.6 Å². The van der Waals surface area contributed by atoms with E-state index in [0.717, 1.165) is 57.3 Å². The van der Waals surface area contributed by atoms with Crippen LogP contribution in [0.25, 0.3) is 0 Å². The topological polar surface area (TPSA) is 107 Å². The Balaban J connectivity index is 1.21. The van der Waals surface area contributed by atoms with Crippen molar-refractivity contribution in [3.05, 3.63) is 54.0 Å². The molecule has 2 aromatic rings. The standard InChI is InChI=1S/C27H33N5O3/c33-16-20-5-4-10-32(20)23-8-3-7-22(29-23)25(35)31-27-14-18-11-19(15-27)13-26(12-18,17-27)30-24(34)21-6-1-2-9-28-21/h1-3,6-9,18-20,33H,4-5,10-17H2,(H,30,34)(H,31,35)/t18?,19?,20-,26?,27?/m0/s1. The minimum Gasteiger partial charge on any atom is -0.394 e. The number of nitrogens with zero attached hydrogens (tertiary/aromatic N) is 3. The molecule has 184 valence electrons. The van der Waals surface area contributed by atoms with Crippen LogP contribution < -0.4 is 15.5 Å². The van der Waals surface area contributed by atoms with Gasteiger partial charge in [0.15, 0.2) is 0 Å². The molecule has 5 aliphatic rings. The van der Waals surface area contributed by atoms with E-state index in [9.17, 15) is 14.7 Å². The van der Waals surface area contributed by atoms with Gasteiger partial charge in [-0.15, -0.1) is 0 Å². The van der Waals surface area contributed by atoms with Crippen molar-refractivity contribution in [1.29, 1.82) is 0 Å². The van der Waals surface area contributed by atoms with E-state index in [-0.39, 0.29) is 35.5 Å². The van der Waals surface area contributed by atoms with Crippen molar-refractivity contribution in [2.24, 2.45) is 11.8 Å². The zero-order chi connectivity index (χ0) is 24.0. The lowest BCUT2D eigenvalue weighted by atomic mass is 9.49. The Labute approximate surface area is 205 Å². The number of amides is 2. The second kappa shape index (κ2) is 8.59. The second-order valence-corrected chi connectivity index (χ2v) is 11.2. The van der Waals surface area contributed by atoms with Crippen LogP contribution in [0.1, 0.15) is 72.3 Å². The van der Waals surface area contributed by atoms with Crippen LogP contribution in [0.3, 0.4) is 0 Å². The van der Waals surface area contributed by atoms with E-state index in [2.05, 4.69) is 25.5 Å². The van der Waals surface area contributed by atoms with Crippen molar-refractivity contribution in [2.75, 3.05) is 18.1 Å². The summed E-state index contributed by atoms with van der Waals surface area (Å²) in [6, 6.07) is 11.0. The highest BCUT2D eigenvalue weighted by molar-refractivity contribution is 5.94. The van der Waals surface area contributed by atoms with Crippen LogP contribution in [-0.4, -0.2) is 57.2 Å². The fraction of sp³-hybridized carbons (Fsp3) is 0.556. The summed E-state index contributed by atoms with van der Waals surface area (Å²) in [6.45, 7) is 0.936. The lowest BCUT2D eigenvalue weighted by Crippen LogP contribution is -2.70. The summed E-state index contributed by atoms with van der Waals surface area (Å²) < 4.78 is 0. The molecular weight excluding hydrogens is 442 g/mol. The van der Waals surface area contributed by atoms with Crippen molar-refractivity contribution in [3.63, 3.8) is 0 Å². The van der Waals surface area contributed by atoms with E-state index in [4.69, 9.17) is 0 Å². The first kappa shape index (κ1) is 22.5. The Kier molecular flexibility index (Phi) is 5.51. The number of carbonyl (C=O) groups excluding carboxylic acids is 2. The number of hydrogen-bond acceptors (Lipinski definition) is 6. The fourth-order valence-electron chi connectivity index (χ4n) is 7.70. The SMILES string of the molecule is O=C(NC12CC3CC(C1)CC(NC(=O)c1cccc(N4CCC[C@H]4CO)n1)(C3)C2)c1ccccn1. The summed E-state index contributed by atoms with van der Waals surface area (Å²) in [4.78, 5) is 37.5. The van der Waals surface area contributed by atoms with E-state index in [1.165, 1.54) is 6.42 Å². The summed E-state index contributed by atoms with van der Waals surface area (Å²) >= 11 is 0. The molecule has 8 nitrogen and oxygen atoms in total. The van der Waals surface area contributed by atoms with E-state index in [1.54, 1.807) is 18.3 Å². The molecule has 4 aliphatic carbocycles. The molecule has 4 saturated carbocycles. The first-order valence-electron chi connectivity index (χ1n) is 12.9. The predicted molar refractivity (Wildman–Crippen MR) is 131 cm³/mol. The van der Waals surface area contributed by atoms with Crippen molar-refractivity contribution in [2.45, 2.75) is 68.5 Å². The minimum atomic E-state index is -0.322. The molecule has 5 fully saturated rings. The van der Waals surface area contributed by atoms with Crippen LogP contribution in [0.2, 0.25) is 0 Å². The number of nitrogens with one attached hydrogen (secondary N) is 2. The predicted octanol–water partition coefficient (Wildman–Crippen LogP) is 2.69. The number of hydrogen-bond donors (Lipinski definition) is 3. The van der Waals surface area contributed by atoms with Gasteiger partial charge in [0.2, 0.25) is 0 Å². The zero-order valence-electron chi connectivity index (χ0n) is 19.9. The van der Waals surface area contributed by atoms with Gasteiger partial charge in [0.1, 0.15) is 17.2 Å². The quantitative estimate of drug-likeness (QED) is 0.593. The normalized spacial score (nSPS) is 33.1. The van der Waals surface area contributed by atoms with Gasteiger partial charge in [-0.1, -0.05) is 12.1 Å². The molecule has 3 N–H and O–H groups in total. The zero-order valence-corrected chi connectivity index (χ0v) is 19.9. The highest BCUT2D eigenvalue weighted by Crippen LogP contribution is 2.57. The van der Waals surface area contributed by atoms with Crippen LogP contribution in [0, 0.1) is 11.8 Å². The molecule has 0 spiro atoms. The molecule has 2 amide bonds. The molecular formula is C27H33N5O3. The summed E-state index contributed by atoms with van der Waals surface area (Å²) in [5.74, 6) is 1.45. The number of aromatic nitrogens is 2. The minimum absolute atomic E-state index is 0.0616. The third-order valence-corrected chi connectivity index (χ3v) is 8.57. The van der Waals surface area contributed by atoms with Gasteiger partial charge < -0.3 is 20.6 Å². The first-order valence-corrected chi connectivity index (χ1v) is 12.9. The number of pyridine rings is 2. The third-order valence-electron chi connectivity index (χ3n) is 8.57. The fourth-order valence-corrected chi connectivity index (χ4v) is 7.70. The summed E-state index contributed by atoms with van der Waals surface area (Å²) in [6.07, 6.45) is 9.34. The molecule has 2 aromatic heterocycles. The Morgan fingerprint density at radius 2 is 1.66 bits per heavy atom. The van der Waals surface area contributed by atoms with Crippen molar-refractivity contribution in [3.8, 4) is 0 Å². The maximum absolute atomic E-state index is 13.5. The number of aliphatic hydroxyl groups is 1. The molecule has 0 aromatic carbocycles. The molecule has 1 aliphatic heterocycles. The lowest BCUT2D eigenvalue weighted by molar-refractivity contribution is -0.0449. The molecule has 0 radical (unpaired) electrons. The smallest absolute Gasteiger partial charge is 0.270 e. The maximum atomic E-state index is 13.5. The van der Waals surface area contributed by atoms with Gasteiger partial charge >= 0.3 is 0 Å². The summed E-state index contributed by atoms with van der Waals surface area (Å²) in [7, 11) is 0. The van der Waals surface area contributed by atoms with Gasteiger partial charge in [0.25, 0.3) is 11.8 Å². The van der Waals surface area contributed by atoms with E-state index in [0.29, 0.717) is 23.2 Å². The number of anilines is 1. The molecule has 4 bridgehead atoms. The van der Waals surface area contributed by atoms with E-state index >= 15 is 0 Å². The first-order chi connectivity index (χ1) is 17.0. The highest BCUT2D eigenvalue weighted by Gasteiger charge is 2.59. The Bertz CT molecular complexity index is 1110. The Morgan fingerprint density at radius 1 is 0.971 bits per heavy atom. The second-order valence-electron chi connectivity index (χ2n) is 11.2. The number of aliphatic hydroxyl groups excluding tert-OH is 1. The summed E-state index contributed by atoms with van der Waals surface area (Å²) in [5, 5.41) is 16.4. The van der Waals surface area contributed by atoms with Gasteiger partial charge in [-0.25, -0.2) is 4.98 Å². The van der Waals surface area contributed by atoms with Crippen molar-refractivity contribution >= 4 is 17.6 Å². The molecule has 3 atom stereocenters. The molecule has 3 heterocycles. The maximum Gasteiger partial charge on any atom is 0.270 e. The van der Waals surface area contributed by atoms with Crippen LogP contribution >= 0.6 is 0 Å². The Morgan fingerprint density at radius 3 is 2.31 bits per heavy atom. The van der Waals surface area contributed by atoms with Gasteiger partial charge in [-0.2, -0.15) is 0 Å². The van der Waals surface area contributed by atoms with Crippen molar-refractivity contribution in [1.82, 2.24) is 20.6 Å². The summed E-state index contributed by atoms with van der Waals surface area (Å²) in [5.41, 5.74) is 0.224. The van der Waals surface area contributed by atoms with Crippen molar-refractivity contribution < 1.29 is 14.7 Å². The molecule has 8 heteroatoms. The average Bonchev–Trinajstić information content (AvgIpc) is 3.32. The van der Waals surface area contributed by atoms with Gasteiger partial charge in [0, 0.05) is 23.8 Å². The van der Waals surface area contributed by atoms with Crippen LogP contribution in [0.15, 0.2) is 42.6 Å². The molecule has 35 heavy (non-hydrogen) atoms. The van der Waals surface area contributed by atoms with Crippen LogP contribution in [0.5, 0.6) is 0 Å². The van der Waals surface area contributed by atoms with E-state index in [1.807, 2.05) is 24.3 Å². The number of rotatable bonds is 6. The average molecular weight is 476 g/mol. The molecule has 1 saturated heterocycles. The number of carbonyl (C=O) groups is 2. The highest BCUT2D eigenvalue weighted by atomic mass is 16.3. The van der Waals surface area contributed by atoms with Gasteiger partial charge in [-0.05, 0) is 87.5 Å².